The number of hydrogen-bond donors (Lipinski definition) is 1. The number of rotatable bonds is 8. The van der Waals surface area contributed by atoms with E-state index in [1.807, 2.05) is 61.5 Å². The van der Waals surface area contributed by atoms with E-state index in [1.165, 1.54) is 10.4 Å². The molecule has 3 heterocycles. The number of benzene rings is 3. The maximum Gasteiger partial charge on any atom is 0.339 e. The van der Waals surface area contributed by atoms with E-state index < -0.39 is 28.5 Å². The number of amides is 1. The highest BCUT2D eigenvalue weighted by Gasteiger charge is 2.27. The van der Waals surface area contributed by atoms with Crippen LogP contribution in [0.4, 0.5) is 5.69 Å². The molecule has 1 amide bonds. The van der Waals surface area contributed by atoms with Crippen LogP contribution in [0.5, 0.6) is 0 Å². The lowest BCUT2D eigenvalue weighted by molar-refractivity contribution is -0.119. The zero-order valence-electron chi connectivity index (χ0n) is 26.7. The fourth-order valence-electron chi connectivity index (χ4n) is 5.86. The summed E-state index contributed by atoms with van der Waals surface area (Å²) in [5.41, 5.74) is 5.46. The van der Waals surface area contributed by atoms with Crippen LogP contribution in [0, 0.1) is 20.8 Å². The molecule has 47 heavy (non-hydrogen) atoms. The predicted octanol–water partition coefficient (Wildman–Crippen LogP) is 6.37. The first-order valence-electron chi connectivity index (χ1n) is 15.7. The van der Waals surface area contributed by atoms with Gasteiger partial charge >= 0.3 is 5.97 Å². The van der Waals surface area contributed by atoms with Gasteiger partial charge in [-0.2, -0.15) is 9.40 Å². The lowest BCUT2D eigenvalue weighted by Crippen LogP contribution is -2.32. The summed E-state index contributed by atoms with van der Waals surface area (Å²) in [7, 11) is -3.73. The van der Waals surface area contributed by atoms with Crippen molar-refractivity contribution in [2.24, 2.45) is 0 Å². The molecule has 1 aliphatic rings. The van der Waals surface area contributed by atoms with Gasteiger partial charge in [0.25, 0.3) is 5.91 Å². The highest BCUT2D eigenvalue weighted by Crippen LogP contribution is 2.30. The average molecular weight is 652 g/mol. The third kappa shape index (κ3) is 6.81. The second-order valence-electron chi connectivity index (χ2n) is 11.9. The number of carbonyl (C=O) groups is 2. The van der Waals surface area contributed by atoms with Crippen LogP contribution in [-0.2, 0) is 19.6 Å². The maximum atomic E-state index is 13.6. The molecular weight excluding hydrogens is 614 g/mol. The first-order valence-corrected chi connectivity index (χ1v) is 17.2. The SMILES string of the molecule is Cc1ccc(-n2nc(C)c3c(C(=O)OCC(=O)Nc4ccc(C)c(S(=O)(=O)N5CCCCCC5)c4)cc(-c4ccccc4)nc32)cc1. The molecule has 5 aromatic rings. The third-order valence-corrected chi connectivity index (χ3v) is 10.4. The number of pyridine rings is 1. The molecule has 6 rings (SSSR count). The number of carbonyl (C=O) groups excluding carboxylic acids is 2. The molecule has 10 nitrogen and oxygen atoms in total. The quantitative estimate of drug-likeness (QED) is 0.193. The lowest BCUT2D eigenvalue weighted by Gasteiger charge is -2.21. The van der Waals surface area contributed by atoms with E-state index in [2.05, 4.69) is 5.32 Å². The van der Waals surface area contributed by atoms with Crippen LogP contribution in [0.25, 0.3) is 28.0 Å². The molecule has 3 aromatic carbocycles. The van der Waals surface area contributed by atoms with Crippen LogP contribution in [0.2, 0.25) is 0 Å². The fraction of sp³-hybridized carbons (Fsp3) is 0.278. The van der Waals surface area contributed by atoms with Crippen molar-refractivity contribution in [1.82, 2.24) is 19.1 Å². The number of aryl methyl sites for hydroxylation is 3. The molecule has 11 heteroatoms. The molecule has 0 aliphatic carbocycles. The topological polar surface area (TPSA) is 123 Å². The van der Waals surface area contributed by atoms with Crippen molar-refractivity contribution in [1.29, 1.82) is 0 Å². The van der Waals surface area contributed by atoms with Gasteiger partial charge in [0.15, 0.2) is 12.3 Å². The molecule has 242 valence electrons. The predicted molar refractivity (Wildman–Crippen MR) is 181 cm³/mol. The Labute approximate surface area is 274 Å². The Morgan fingerprint density at radius 1 is 0.872 bits per heavy atom. The summed E-state index contributed by atoms with van der Waals surface area (Å²) in [4.78, 5) is 31.7. The van der Waals surface area contributed by atoms with E-state index >= 15 is 0 Å². The molecule has 1 aliphatic heterocycles. The highest BCUT2D eigenvalue weighted by molar-refractivity contribution is 7.89. The molecule has 1 saturated heterocycles. The van der Waals surface area contributed by atoms with Crippen LogP contribution in [0.3, 0.4) is 0 Å². The van der Waals surface area contributed by atoms with Crippen molar-refractivity contribution in [2.45, 2.75) is 51.3 Å². The Morgan fingerprint density at radius 3 is 2.28 bits per heavy atom. The summed E-state index contributed by atoms with van der Waals surface area (Å²) in [5, 5.41) is 7.92. The number of anilines is 1. The third-order valence-electron chi connectivity index (χ3n) is 8.37. The standard InChI is InChI=1S/C36H37N5O5S/c1-24-13-17-29(18-14-24)41-35-34(26(3)39-41)30(22-31(38-35)27-11-7-6-8-12-27)36(43)46-23-33(42)37-28-16-15-25(2)32(21-28)47(44,45)40-19-9-4-5-10-20-40/h6-8,11-18,21-22H,4-5,9-10,19-20,23H2,1-3H3,(H,37,42). The number of nitrogens with zero attached hydrogens (tertiary/aromatic N) is 4. The van der Waals surface area contributed by atoms with E-state index in [0.29, 0.717) is 46.8 Å². The number of hydrogen-bond acceptors (Lipinski definition) is 7. The second kappa shape index (κ2) is 13.5. The fourth-order valence-corrected chi connectivity index (χ4v) is 7.62. The largest absolute Gasteiger partial charge is 0.452 e. The number of fused-ring (bicyclic) bond motifs is 1. The lowest BCUT2D eigenvalue weighted by atomic mass is 10.1. The summed E-state index contributed by atoms with van der Waals surface area (Å²) in [6, 6.07) is 23.8. The summed E-state index contributed by atoms with van der Waals surface area (Å²) in [5.74, 6) is -1.30. The first kappa shape index (κ1) is 32.1. The normalized spacial score (nSPS) is 14.1. The van der Waals surface area contributed by atoms with Crippen LogP contribution >= 0.6 is 0 Å². The molecule has 0 unspecified atom stereocenters. The molecule has 0 atom stereocenters. The van der Waals surface area contributed by atoms with Crippen molar-refractivity contribution in [3.05, 3.63) is 101 Å². The molecule has 0 bridgehead atoms. The highest BCUT2D eigenvalue weighted by atomic mass is 32.2. The minimum atomic E-state index is -3.73. The minimum Gasteiger partial charge on any atom is -0.452 e. The smallest absolute Gasteiger partial charge is 0.339 e. The Morgan fingerprint density at radius 2 is 1.57 bits per heavy atom. The summed E-state index contributed by atoms with van der Waals surface area (Å²) >= 11 is 0. The van der Waals surface area contributed by atoms with Crippen LogP contribution in [-0.4, -0.2) is 59.1 Å². The van der Waals surface area contributed by atoms with Gasteiger partial charge in [-0.15, -0.1) is 0 Å². The van der Waals surface area contributed by atoms with E-state index in [-0.39, 0.29) is 10.5 Å². The van der Waals surface area contributed by atoms with Gasteiger partial charge in [-0.3, -0.25) is 4.79 Å². The summed E-state index contributed by atoms with van der Waals surface area (Å²) in [6.07, 6.45) is 3.66. The number of esters is 1. The molecule has 1 fully saturated rings. The molecule has 2 aromatic heterocycles. The van der Waals surface area contributed by atoms with Crippen molar-refractivity contribution in [3.8, 4) is 16.9 Å². The van der Waals surface area contributed by atoms with Gasteiger partial charge in [-0.25, -0.2) is 22.9 Å². The van der Waals surface area contributed by atoms with Gasteiger partial charge in [-0.05, 0) is 69.5 Å². The second-order valence-corrected chi connectivity index (χ2v) is 13.8. The van der Waals surface area contributed by atoms with Gasteiger partial charge < -0.3 is 10.1 Å². The molecule has 1 N–H and O–H groups in total. The zero-order chi connectivity index (χ0) is 33.1. The van der Waals surface area contributed by atoms with Gasteiger partial charge in [0.2, 0.25) is 10.0 Å². The average Bonchev–Trinajstić information content (AvgIpc) is 3.22. The van der Waals surface area contributed by atoms with E-state index in [4.69, 9.17) is 14.8 Å². The number of ether oxygens (including phenoxy) is 1. The number of nitrogens with one attached hydrogen (secondary N) is 1. The van der Waals surface area contributed by atoms with Crippen LogP contribution in [0.15, 0.2) is 83.8 Å². The van der Waals surface area contributed by atoms with Crippen molar-refractivity contribution >= 4 is 38.6 Å². The summed E-state index contributed by atoms with van der Waals surface area (Å²) in [6.45, 7) is 5.92. The van der Waals surface area contributed by atoms with Crippen molar-refractivity contribution < 1.29 is 22.7 Å². The van der Waals surface area contributed by atoms with Gasteiger partial charge in [0.05, 0.1) is 32.9 Å². The van der Waals surface area contributed by atoms with Crippen LogP contribution < -0.4 is 5.32 Å². The Hall–Kier alpha value is -4.87. The van der Waals surface area contributed by atoms with E-state index in [9.17, 15) is 18.0 Å². The number of sulfonamides is 1. The van der Waals surface area contributed by atoms with E-state index in [1.54, 1.807) is 36.7 Å². The van der Waals surface area contributed by atoms with Gasteiger partial charge in [0, 0.05) is 24.3 Å². The summed E-state index contributed by atoms with van der Waals surface area (Å²) < 4.78 is 35.7. The van der Waals surface area contributed by atoms with Gasteiger partial charge in [0.1, 0.15) is 0 Å². The first-order chi connectivity index (χ1) is 22.6. The Kier molecular flexibility index (Phi) is 9.19. The zero-order valence-corrected chi connectivity index (χ0v) is 27.5. The van der Waals surface area contributed by atoms with E-state index in [0.717, 1.165) is 42.5 Å². The monoisotopic (exact) mass is 651 g/mol. The van der Waals surface area contributed by atoms with Crippen molar-refractivity contribution in [3.63, 3.8) is 0 Å². The molecule has 0 saturated carbocycles. The Bertz CT molecular complexity index is 2050. The molecule has 0 radical (unpaired) electrons. The number of aromatic nitrogens is 3. The minimum absolute atomic E-state index is 0.155. The van der Waals surface area contributed by atoms with Gasteiger partial charge in [-0.1, -0.05) is 66.9 Å². The molecular formula is C36H37N5O5S. The van der Waals surface area contributed by atoms with Crippen molar-refractivity contribution in [2.75, 3.05) is 25.0 Å². The Balaban J connectivity index is 1.25. The maximum absolute atomic E-state index is 13.6. The molecule has 0 spiro atoms. The van der Waals surface area contributed by atoms with Crippen LogP contribution in [0.1, 0.15) is 52.9 Å².